The van der Waals surface area contributed by atoms with Gasteiger partial charge in [-0.25, -0.2) is 0 Å². The Morgan fingerprint density at radius 2 is 1.88 bits per heavy atom. The Balaban J connectivity index is 1.88. The van der Waals surface area contributed by atoms with Crippen LogP contribution in [0.4, 0.5) is 0 Å². The van der Waals surface area contributed by atoms with Crippen molar-refractivity contribution in [2.45, 2.75) is 70.9 Å². The van der Waals surface area contributed by atoms with E-state index in [1.807, 2.05) is 17.7 Å². The molecule has 2 fully saturated rings. The zero-order valence-electron chi connectivity index (χ0n) is 15.1. The fourth-order valence-corrected chi connectivity index (χ4v) is 3.48. The second-order valence-corrected chi connectivity index (χ2v) is 8.29. The second-order valence-electron chi connectivity index (χ2n) is 8.29. The van der Waals surface area contributed by atoms with Crippen molar-refractivity contribution in [1.29, 1.82) is 0 Å². The number of aromatic nitrogens is 2. The second kappa shape index (κ2) is 5.90. The number of primary amides is 1. The van der Waals surface area contributed by atoms with E-state index in [2.05, 4.69) is 25.9 Å². The van der Waals surface area contributed by atoms with E-state index < -0.39 is 0 Å². The van der Waals surface area contributed by atoms with Crippen molar-refractivity contribution >= 4 is 11.8 Å². The summed E-state index contributed by atoms with van der Waals surface area (Å²) in [6.07, 6.45) is 3.89. The van der Waals surface area contributed by atoms with Crippen LogP contribution in [-0.2, 0) is 10.3 Å². The first kappa shape index (κ1) is 17.0. The van der Waals surface area contributed by atoms with E-state index in [-0.39, 0.29) is 29.3 Å². The highest BCUT2D eigenvalue weighted by Gasteiger charge is 2.36. The monoisotopic (exact) mass is 332 g/mol. The topological polar surface area (TPSA) is 81.2 Å². The van der Waals surface area contributed by atoms with Gasteiger partial charge < -0.3 is 10.6 Å². The van der Waals surface area contributed by atoms with Crippen LogP contribution >= 0.6 is 0 Å². The van der Waals surface area contributed by atoms with Crippen molar-refractivity contribution in [2.24, 2.45) is 11.7 Å². The molecule has 2 amide bonds. The first-order chi connectivity index (χ1) is 11.2. The summed E-state index contributed by atoms with van der Waals surface area (Å²) in [5.41, 5.74) is 6.94. The smallest absolute Gasteiger partial charge is 0.274 e. The molecule has 1 aliphatic carbocycles. The van der Waals surface area contributed by atoms with Gasteiger partial charge in [-0.3, -0.25) is 14.3 Å². The van der Waals surface area contributed by atoms with Crippen LogP contribution in [0.1, 0.15) is 75.5 Å². The summed E-state index contributed by atoms with van der Waals surface area (Å²) in [5.74, 6) is -0.134. The fourth-order valence-electron chi connectivity index (χ4n) is 3.48. The third kappa shape index (κ3) is 3.19. The van der Waals surface area contributed by atoms with Crippen molar-refractivity contribution < 1.29 is 9.59 Å². The quantitative estimate of drug-likeness (QED) is 0.921. The molecular formula is C18H28N4O2. The molecule has 6 nitrogen and oxygen atoms in total. The van der Waals surface area contributed by atoms with Gasteiger partial charge in [-0.1, -0.05) is 0 Å². The van der Waals surface area contributed by atoms with E-state index in [4.69, 9.17) is 5.73 Å². The van der Waals surface area contributed by atoms with Gasteiger partial charge in [0.25, 0.3) is 5.91 Å². The molecule has 0 aromatic carbocycles. The minimum atomic E-state index is -0.321. The first-order valence-corrected chi connectivity index (χ1v) is 8.89. The van der Waals surface area contributed by atoms with Gasteiger partial charge in [0, 0.05) is 24.2 Å². The molecule has 0 spiro atoms. The molecule has 132 valence electrons. The minimum Gasteiger partial charge on any atom is -0.369 e. The average molecular weight is 332 g/mol. The van der Waals surface area contributed by atoms with E-state index in [0.29, 0.717) is 18.2 Å². The highest BCUT2D eigenvalue weighted by atomic mass is 16.2. The molecule has 2 aliphatic rings. The molecule has 2 heterocycles. The van der Waals surface area contributed by atoms with Crippen molar-refractivity contribution in [3.8, 4) is 0 Å². The van der Waals surface area contributed by atoms with Crippen molar-refractivity contribution in [2.75, 3.05) is 6.54 Å². The zero-order chi connectivity index (χ0) is 17.6. The highest BCUT2D eigenvalue weighted by molar-refractivity contribution is 5.93. The summed E-state index contributed by atoms with van der Waals surface area (Å²) in [6, 6.07) is 2.06. The van der Waals surface area contributed by atoms with Gasteiger partial charge >= 0.3 is 0 Å². The maximum atomic E-state index is 13.0. The van der Waals surface area contributed by atoms with Crippen LogP contribution in [0, 0.1) is 5.92 Å². The lowest BCUT2D eigenvalue weighted by molar-refractivity contribution is -0.123. The third-order valence-electron chi connectivity index (χ3n) is 5.13. The lowest BCUT2D eigenvalue weighted by Gasteiger charge is -2.36. The Hall–Kier alpha value is -1.85. The molecule has 1 aliphatic heterocycles. The first-order valence-electron chi connectivity index (χ1n) is 8.89. The molecule has 1 saturated carbocycles. The summed E-state index contributed by atoms with van der Waals surface area (Å²) >= 11 is 0. The fraction of sp³-hybridized carbons (Fsp3) is 0.722. The molecular weight excluding hydrogens is 304 g/mol. The lowest BCUT2D eigenvalue weighted by atomic mass is 9.92. The van der Waals surface area contributed by atoms with E-state index in [9.17, 15) is 9.59 Å². The van der Waals surface area contributed by atoms with Crippen molar-refractivity contribution in [3.63, 3.8) is 0 Å². The van der Waals surface area contributed by atoms with Gasteiger partial charge in [0.1, 0.15) is 0 Å². The Bertz CT molecular complexity index is 654. The predicted octanol–water partition coefficient (Wildman–Crippen LogP) is 2.24. The third-order valence-corrected chi connectivity index (χ3v) is 5.13. The van der Waals surface area contributed by atoms with Crippen LogP contribution < -0.4 is 5.73 Å². The number of piperidine rings is 1. The van der Waals surface area contributed by atoms with E-state index >= 15 is 0 Å². The SMILES string of the molecule is C[C@H]1CC[C@@H](C(N)=O)CN1C(=O)c1cc(C2CC2)n(C(C)(C)C)n1. The molecule has 24 heavy (non-hydrogen) atoms. The molecule has 3 rings (SSSR count). The summed E-state index contributed by atoms with van der Waals surface area (Å²) in [7, 11) is 0. The van der Waals surface area contributed by atoms with Gasteiger partial charge in [0.2, 0.25) is 5.91 Å². The number of carbonyl (C=O) groups is 2. The molecule has 1 aromatic rings. The number of hydrogen-bond acceptors (Lipinski definition) is 3. The van der Waals surface area contributed by atoms with Crippen LogP contribution in [0.2, 0.25) is 0 Å². The largest absolute Gasteiger partial charge is 0.369 e. The van der Waals surface area contributed by atoms with Crippen LogP contribution in [0.25, 0.3) is 0 Å². The Morgan fingerprint density at radius 1 is 1.21 bits per heavy atom. The maximum Gasteiger partial charge on any atom is 0.274 e. The van der Waals surface area contributed by atoms with Crippen LogP contribution in [0.15, 0.2) is 6.07 Å². The minimum absolute atomic E-state index is 0.0849. The van der Waals surface area contributed by atoms with Gasteiger partial charge in [-0.2, -0.15) is 5.10 Å². The van der Waals surface area contributed by atoms with Gasteiger partial charge in [0.15, 0.2) is 5.69 Å². The Kier molecular flexibility index (Phi) is 4.18. The maximum absolute atomic E-state index is 13.0. The molecule has 1 aromatic heterocycles. The molecule has 6 heteroatoms. The Morgan fingerprint density at radius 3 is 2.42 bits per heavy atom. The van der Waals surface area contributed by atoms with Crippen molar-refractivity contribution in [1.82, 2.24) is 14.7 Å². The zero-order valence-corrected chi connectivity index (χ0v) is 15.1. The standard InChI is InChI=1S/C18H28N4O2/c1-11-5-6-13(16(19)23)10-21(11)17(24)14-9-15(12-7-8-12)22(20-14)18(2,3)4/h9,11-13H,5-8,10H2,1-4H3,(H2,19,23)/t11-,13+/m0/s1. The number of hydrogen-bond donors (Lipinski definition) is 1. The van der Waals surface area contributed by atoms with E-state index in [1.165, 1.54) is 12.8 Å². The normalized spacial score (nSPS) is 24.9. The molecule has 0 unspecified atom stereocenters. The Labute approximate surface area is 143 Å². The average Bonchev–Trinajstić information content (AvgIpc) is 3.23. The predicted molar refractivity (Wildman–Crippen MR) is 91.6 cm³/mol. The number of likely N-dealkylation sites (tertiary alicyclic amines) is 1. The lowest BCUT2D eigenvalue weighted by Crippen LogP contribution is -2.48. The number of carbonyl (C=O) groups excluding carboxylic acids is 2. The van der Waals surface area contributed by atoms with Gasteiger partial charge in [-0.15, -0.1) is 0 Å². The number of amides is 2. The van der Waals surface area contributed by atoms with E-state index in [0.717, 1.165) is 18.5 Å². The number of nitrogens with two attached hydrogens (primary N) is 1. The van der Waals surface area contributed by atoms with Crippen LogP contribution in [-0.4, -0.2) is 39.1 Å². The summed E-state index contributed by atoms with van der Waals surface area (Å²) in [5, 5.41) is 4.63. The van der Waals surface area contributed by atoms with Crippen LogP contribution in [0.3, 0.4) is 0 Å². The van der Waals surface area contributed by atoms with Gasteiger partial charge in [-0.05, 0) is 59.4 Å². The van der Waals surface area contributed by atoms with Crippen molar-refractivity contribution in [3.05, 3.63) is 17.5 Å². The molecule has 2 N–H and O–H groups in total. The van der Waals surface area contributed by atoms with Gasteiger partial charge in [0.05, 0.1) is 11.5 Å². The molecule has 0 radical (unpaired) electrons. The van der Waals surface area contributed by atoms with E-state index in [1.54, 1.807) is 4.90 Å². The summed E-state index contributed by atoms with van der Waals surface area (Å²) in [6.45, 7) is 8.74. The summed E-state index contributed by atoms with van der Waals surface area (Å²) in [4.78, 5) is 26.3. The molecule has 0 bridgehead atoms. The van der Waals surface area contributed by atoms with Crippen LogP contribution in [0.5, 0.6) is 0 Å². The molecule has 2 atom stereocenters. The number of rotatable bonds is 3. The summed E-state index contributed by atoms with van der Waals surface area (Å²) < 4.78 is 2.00. The number of nitrogens with zero attached hydrogens (tertiary/aromatic N) is 3. The highest BCUT2D eigenvalue weighted by Crippen LogP contribution is 2.42. The molecule has 1 saturated heterocycles.